The zero-order valence-corrected chi connectivity index (χ0v) is 17.8. The van der Waals surface area contributed by atoms with Gasteiger partial charge in [-0.05, 0) is 24.3 Å². The number of hydrogen-bond acceptors (Lipinski definition) is 8. The number of benzene rings is 2. The van der Waals surface area contributed by atoms with Crippen molar-refractivity contribution < 1.29 is 23.7 Å². The molecule has 32 heavy (non-hydrogen) atoms. The molecule has 1 amide bonds. The Kier molecular flexibility index (Phi) is 5.59. The minimum Gasteiger partial charge on any atom is -0.485 e. The van der Waals surface area contributed by atoms with Crippen LogP contribution < -0.4 is 24.3 Å². The largest absolute Gasteiger partial charge is 0.485 e. The van der Waals surface area contributed by atoms with Gasteiger partial charge in [0, 0.05) is 18.3 Å². The standard InChI is InChI=1S/C22H20N4O5S/c1-2-9-26-21(19-11-28-15-5-3-4-6-17(15)31-19)24-25-22(26)32-12-20(27)23-14-7-8-16-18(10-14)30-13-29-16/h2-8,10,19H,1,9,11-13H2,(H,23,27)/t19-/m0/s1. The van der Waals surface area contributed by atoms with E-state index in [1.807, 2.05) is 28.8 Å². The van der Waals surface area contributed by atoms with Crippen molar-refractivity contribution in [2.24, 2.45) is 0 Å². The first-order chi connectivity index (χ1) is 15.7. The smallest absolute Gasteiger partial charge is 0.234 e. The lowest BCUT2D eigenvalue weighted by Crippen LogP contribution is -2.25. The minimum atomic E-state index is -0.408. The fraction of sp³-hybridized carbons (Fsp3) is 0.227. The summed E-state index contributed by atoms with van der Waals surface area (Å²) in [6.45, 7) is 4.81. The molecule has 5 rings (SSSR count). The highest BCUT2D eigenvalue weighted by Crippen LogP contribution is 2.36. The first-order valence-electron chi connectivity index (χ1n) is 9.96. The van der Waals surface area contributed by atoms with Crippen LogP contribution in [-0.4, -0.2) is 39.8 Å². The van der Waals surface area contributed by atoms with Crippen molar-refractivity contribution in [1.29, 1.82) is 0 Å². The molecule has 0 spiro atoms. The molecule has 2 aliphatic rings. The second-order valence-corrected chi connectivity index (χ2v) is 7.95. The summed E-state index contributed by atoms with van der Waals surface area (Å²) < 4.78 is 24.4. The van der Waals surface area contributed by atoms with Crippen molar-refractivity contribution in [3.8, 4) is 23.0 Å². The average molecular weight is 452 g/mol. The van der Waals surface area contributed by atoms with E-state index in [0.29, 0.717) is 52.8 Å². The normalized spacial score (nSPS) is 15.9. The first kappa shape index (κ1) is 20.3. The Balaban J connectivity index is 1.26. The lowest BCUT2D eigenvalue weighted by molar-refractivity contribution is -0.113. The Morgan fingerprint density at radius 2 is 1.94 bits per heavy atom. The van der Waals surface area contributed by atoms with Crippen molar-refractivity contribution in [2.45, 2.75) is 17.8 Å². The van der Waals surface area contributed by atoms with Crippen LogP contribution in [-0.2, 0) is 11.3 Å². The molecular formula is C22H20N4O5S. The number of nitrogens with zero attached hydrogens (tertiary/aromatic N) is 3. The maximum absolute atomic E-state index is 12.5. The fourth-order valence-corrected chi connectivity index (χ4v) is 4.15. The zero-order chi connectivity index (χ0) is 21.9. The predicted molar refractivity (Wildman–Crippen MR) is 117 cm³/mol. The van der Waals surface area contributed by atoms with Crippen LogP contribution in [0.4, 0.5) is 5.69 Å². The van der Waals surface area contributed by atoms with Gasteiger partial charge >= 0.3 is 0 Å². The lowest BCUT2D eigenvalue weighted by atomic mass is 10.2. The van der Waals surface area contributed by atoms with Crippen LogP contribution in [0.15, 0.2) is 60.3 Å². The molecule has 3 aromatic rings. The Morgan fingerprint density at radius 1 is 1.12 bits per heavy atom. The third kappa shape index (κ3) is 4.09. The van der Waals surface area contributed by atoms with E-state index in [0.717, 1.165) is 0 Å². The molecule has 0 radical (unpaired) electrons. The van der Waals surface area contributed by atoms with E-state index in [-0.39, 0.29) is 18.5 Å². The van der Waals surface area contributed by atoms with Crippen LogP contribution in [0.1, 0.15) is 11.9 Å². The summed E-state index contributed by atoms with van der Waals surface area (Å²) in [4.78, 5) is 12.5. The number of thioether (sulfide) groups is 1. The van der Waals surface area contributed by atoms with E-state index < -0.39 is 6.10 Å². The highest BCUT2D eigenvalue weighted by Gasteiger charge is 2.28. The van der Waals surface area contributed by atoms with Gasteiger partial charge in [-0.1, -0.05) is 30.0 Å². The summed E-state index contributed by atoms with van der Waals surface area (Å²) >= 11 is 1.29. The number of fused-ring (bicyclic) bond motifs is 2. The number of carbonyl (C=O) groups excluding carboxylic acids is 1. The SMILES string of the molecule is C=CCn1c(SCC(=O)Nc2ccc3c(c2)OCO3)nnc1[C@@H]1COc2ccccc2O1. The van der Waals surface area contributed by atoms with Gasteiger partial charge < -0.3 is 24.3 Å². The molecule has 0 fully saturated rings. The number of rotatable bonds is 7. The van der Waals surface area contributed by atoms with Crippen LogP contribution in [0.3, 0.4) is 0 Å². The molecule has 164 valence electrons. The molecule has 10 heteroatoms. The van der Waals surface area contributed by atoms with Gasteiger partial charge in [-0.25, -0.2) is 0 Å². The molecule has 0 saturated heterocycles. The van der Waals surface area contributed by atoms with Gasteiger partial charge in [-0.3, -0.25) is 9.36 Å². The Morgan fingerprint density at radius 3 is 2.81 bits per heavy atom. The molecule has 9 nitrogen and oxygen atoms in total. The topological polar surface area (TPSA) is 96.7 Å². The quantitative estimate of drug-likeness (QED) is 0.430. The zero-order valence-electron chi connectivity index (χ0n) is 17.0. The second-order valence-electron chi connectivity index (χ2n) is 7.01. The molecule has 3 heterocycles. The van der Waals surface area contributed by atoms with Gasteiger partial charge in [0.05, 0.1) is 5.75 Å². The average Bonchev–Trinajstić information content (AvgIpc) is 3.44. The van der Waals surface area contributed by atoms with Crippen LogP contribution in [0.25, 0.3) is 0 Å². The summed E-state index contributed by atoms with van der Waals surface area (Å²) in [5, 5.41) is 12.0. The number of allylic oxidation sites excluding steroid dienone is 1. The van der Waals surface area contributed by atoms with Gasteiger partial charge in [0.1, 0.15) is 6.61 Å². The van der Waals surface area contributed by atoms with Crippen molar-refractivity contribution in [3.05, 3.63) is 60.9 Å². The third-order valence-electron chi connectivity index (χ3n) is 4.84. The number of ether oxygens (including phenoxy) is 4. The maximum atomic E-state index is 12.5. The molecule has 0 aliphatic carbocycles. The lowest BCUT2D eigenvalue weighted by Gasteiger charge is -2.26. The van der Waals surface area contributed by atoms with Gasteiger partial charge in [0.15, 0.2) is 40.1 Å². The molecule has 2 aromatic carbocycles. The van der Waals surface area contributed by atoms with Crippen molar-refractivity contribution in [1.82, 2.24) is 14.8 Å². The van der Waals surface area contributed by atoms with E-state index in [1.165, 1.54) is 11.8 Å². The van der Waals surface area contributed by atoms with Crippen LogP contribution in [0, 0.1) is 0 Å². The summed E-state index contributed by atoms with van der Waals surface area (Å²) in [5.41, 5.74) is 0.638. The number of anilines is 1. The number of hydrogen-bond donors (Lipinski definition) is 1. The van der Waals surface area contributed by atoms with E-state index in [4.69, 9.17) is 18.9 Å². The number of para-hydroxylation sites is 2. The molecule has 1 atom stereocenters. The molecule has 0 unspecified atom stereocenters. The molecule has 0 saturated carbocycles. The summed E-state index contributed by atoms with van der Waals surface area (Å²) in [6.07, 6.45) is 1.34. The van der Waals surface area contributed by atoms with E-state index in [9.17, 15) is 4.79 Å². The molecular weight excluding hydrogens is 432 g/mol. The summed E-state index contributed by atoms with van der Waals surface area (Å²) in [5.74, 6) is 3.26. The van der Waals surface area contributed by atoms with Crippen LogP contribution in [0.5, 0.6) is 23.0 Å². The first-order valence-corrected chi connectivity index (χ1v) is 10.9. The third-order valence-corrected chi connectivity index (χ3v) is 5.81. The van der Waals surface area contributed by atoms with Gasteiger partial charge in [-0.15, -0.1) is 16.8 Å². The number of carbonyl (C=O) groups is 1. The van der Waals surface area contributed by atoms with Crippen molar-refractivity contribution in [3.63, 3.8) is 0 Å². The molecule has 1 N–H and O–H groups in total. The fourth-order valence-electron chi connectivity index (χ4n) is 3.39. The minimum absolute atomic E-state index is 0.161. The summed E-state index contributed by atoms with van der Waals surface area (Å²) in [6, 6.07) is 12.8. The molecule has 2 aliphatic heterocycles. The van der Waals surface area contributed by atoms with Crippen molar-refractivity contribution in [2.75, 3.05) is 24.5 Å². The number of amides is 1. The number of aromatic nitrogens is 3. The van der Waals surface area contributed by atoms with Crippen LogP contribution >= 0.6 is 11.8 Å². The molecule has 0 bridgehead atoms. The van der Waals surface area contributed by atoms with Crippen LogP contribution in [0.2, 0.25) is 0 Å². The number of nitrogens with one attached hydrogen (secondary N) is 1. The van der Waals surface area contributed by atoms with E-state index in [1.54, 1.807) is 24.3 Å². The Labute approximate surface area is 188 Å². The van der Waals surface area contributed by atoms with Gasteiger partial charge in [0.2, 0.25) is 12.7 Å². The maximum Gasteiger partial charge on any atom is 0.234 e. The van der Waals surface area contributed by atoms with Gasteiger partial charge in [-0.2, -0.15) is 0 Å². The predicted octanol–water partition coefficient (Wildman–Crippen LogP) is 3.44. The van der Waals surface area contributed by atoms with E-state index in [2.05, 4.69) is 22.1 Å². The highest BCUT2D eigenvalue weighted by atomic mass is 32.2. The highest BCUT2D eigenvalue weighted by molar-refractivity contribution is 7.99. The Hall–Kier alpha value is -3.66. The van der Waals surface area contributed by atoms with Gasteiger partial charge in [0.25, 0.3) is 0 Å². The second kappa shape index (κ2) is 8.83. The monoisotopic (exact) mass is 452 g/mol. The van der Waals surface area contributed by atoms with Crippen molar-refractivity contribution >= 4 is 23.4 Å². The molecule has 1 aromatic heterocycles. The Bertz CT molecular complexity index is 1160. The summed E-state index contributed by atoms with van der Waals surface area (Å²) in [7, 11) is 0. The van der Waals surface area contributed by atoms with E-state index >= 15 is 0 Å².